The Kier molecular flexibility index (Phi) is 4.85. The van der Waals surface area contributed by atoms with Gasteiger partial charge in [-0.3, -0.25) is 0 Å². The van der Waals surface area contributed by atoms with Gasteiger partial charge < -0.3 is 14.8 Å². The van der Waals surface area contributed by atoms with Crippen LogP contribution in [0.5, 0.6) is 0 Å². The van der Waals surface area contributed by atoms with E-state index in [1.165, 1.54) is 6.42 Å². The summed E-state index contributed by atoms with van der Waals surface area (Å²) in [5.41, 5.74) is 0.227. The van der Waals surface area contributed by atoms with Gasteiger partial charge in [0.25, 0.3) is 0 Å². The van der Waals surface area contributed by atoms with Crippen LogP contribution in [0.2, 0.25) is 0 Å². The maximum absolute atomic E-state index is 5.71. The molecule has 3 nitrogen and oxygen atoms in total. The maximum Gasteiger partial charge on any atom is 0.104 e. The molecule has 0 aromatic carbocycles. The van der Waals surface area contributed by atoms with Gasteiger partial charge in [-0.05, 0) is 13.0 Å². The summed E-state index contributed by atoms with van der Waals surface area (Å²) < 4.78 is 10.8. The molecule has 0 bridgehead atoms. The fourth-order valence-electron chi connectivity index (χ4n) is 1.31. The Bertz CT molecular complexity index is 155. The van der Waals surface area contributed by atoms with E-state index in [4.69, 9.17) is 9.47 Å². The third kappa shape index (κ3) is 4.40. The Labute approximate surface area is 87.2 Å². The van der Waals surface area contributed by atoms with E-state index in [0.29, 0.717) is 6.10 Å². The van der Waals surface area contributed by atoms with E-state index in [2.05, 4.69) is 26.1 Å². The fourth-order valence-corrected chi connectivity index (χ4v) is 1.31. The predicted octanol–water partition coefficient (Wildman–Crippen LogP) is 1.43. The monoisotopic (exact) mass is 201 g/mol. The lowest BCUT2D eigenvalue weighted by molar-refractivity contribution is -0.143. The van der Waals surface area contributed by atoms with Crippen LogP contribution in [-0.2, 0) is 9.47 Å². The summed E-state index contributed by atoms with van der Waals surface area (Å²) in [7, 11) is 0. The summed E-state index contributed by atoms with van der Waals surface area (Å²) in [6, 6.07) is 0. The van der Waals surface area contributed by atoms with Crippen molar-refractivity contribution in [2.24, 2.45) is 5.41 Å². The number of hydrogen-bond donors (Lipinski definition) is 1. The molecule has 0 amide bonds. The number of hydrogen-bond acceptors (Lipinski definition) is 3. The van der Waals surface area contributed by atoms with Crippen LogP contribution in [-0.4, -0.2) is 39.0 Å². The van der Waals surface area contributed by atoms with Gasteiger partial charge in [-0.25, -0.2) is 0 Å². The third-order valence-corrected chi connectivity index (χ3v) is 2.35. The molecule has 0 aromatic rings. The molecule has 1 saturated heterocycles. The zero-order chi connectivity index (χ0) is 10.4. The molecular weight excluding hydrogens is 178 g/mol. The second-order valence-electron chi connectivity index (χ2n) is 4.81. The minimum atomic E-state index is 0.227. The molecular formula is C11H23NO2. The zero-order valence-electron chi connectivity index (χ0n) is 9.64. The molecule has 84 valence electrons. The lowest BCUT2D eigenvalue weighted by Gasteiger charge is -2.31. The fraction of sp³-hybridized carbons (Fsp3) is 1.00. The van der Waals surface area contributed by atoms with Crippen molar-refractivity contribution in [2.75, 3.05) is 32.9 Å². The zero-order valence-corrected chi connectivity index (χ0v) is 9.64. The summed E-state index contributed by atoms with van der Waals surface area (Å²) in [4.78, 5) is 0. The number of rotatable bonds is 7. The molecule has 0 aromatic heterocycles. The minimum Gasteiger partial charge on any atom is -0.376 e. The van der Waals surface area contributed by atoms with Gasteiger partial charge in [0.1, 0.15) is 6.10 Å². The second-order valence-corrected chi connectivity index (χ2v) is 4.81. The average Bonchev–Trinajstić information content (AvgIpc) is 2.01. The van der Waals surface area contributed by atoms with E-state index in [1.54, 1.807) is 0 Å². The van der Waals surface area contributed by atoms with E-state index in [0.717, 1.165) is 32.9 Å². The predicted molar refractivity (Wildman–Crippen MR) is 57.5 cm³/mol. The molecule has 1 fully saturated rings. The lowest BCUT2D eigenvalue weighted by atomic mass is 9.94. The smallest absolute Gasteiger partial charge is 0.104 e. The van der Waals surface area contributed by atoms with Crippen molar-refractivity contribution < 1.29 is 9.47 Å². The van der Waals surface area contributed by atoms with E-state index in [1.807, 2.05) is 0 Å². The molecule has 0 radical (unpaired) electrons. The summed E-state index contributed by atoms with van der Waals surface area (Å²) in [5, 5.41) is 3.42. The Morgan fingerprint density at radius 3 is 2.64 bits per heavy atom. The van der Waals surface area contributed by atoms with Crippen LogP contribution < -0.4 is 5.32 Å². The summed E-state index contributed by atoms with van der Waals surface area (Å²) in [5.74, 6) is 0. The van der Waals surface area contributed by atoms with Crippen LogP contribution in [0.1, 0.15) is 27.2 Å². The van der Waals surface area contributed by atoms with Crippen LogP contribution in [0.4, 0.5) is 0 Å². The quantitative estimate of drug-likeness (QED) is 0.632. The highest BCUT2D eigenvalue weighted by Crippen LogP contribution is 2.17. The van der Waals surface area contributed by atoms with Crippen molar-refractivity contribution in [3.8, 4) is 0 Å². The van der Waals surface area contributed by atoms with Crippen LogP contribution in [0.3, 0.4) is 0 Å². The molecule has 0 atom stereocenters. The van der Waals surface area contributed by atoms with E-state index in [9.17, 15) is 0 Å². The van der Waals surface area contributed by atoms with Crippen LogP contribution in [0.15, 0.2) is 0 Å². The largest absolute Gasteiger partial charge is 0.376 e. The van der Waals surface area contributed by atoms with Crippen molar-refractivity contribution in [1.82, 2.24) is 5.32 Å². The normalized spacial score (nSPS) is 18.2. The van der Waals surface area contributed by atoms with Crippen LogP contribution in [0.25, 0.3) is 0 Å². The highest BCUT2D eigenvalue weighted by Gasteiger charge is 2.24. The molecule has 14 heavy (non-hydrogen) atoms. The number of nitrogens with one attached hydrogen (secondary N) is 1. The number of ether oxygens (including phenoxy) is 2. The molecule has 1 N–H and O–H groups in total. The molecule has 1 rings (SSSR count). The van der Waals surface area contributed by atoms with Crippen LogP contribution >= 0.6 is 0 Å². The molecule has 1 aliphatic heterocycles. The van der Waals surface area contributed by atoms with E-state index in [-0.39, 0.29) is 5.41 Å². The van der Waals surface area contributed by atoms with Crippen molar-refractivity contribution in [3.63, 3.8) is 0 Å². The van der Waals surface area contributed by atoms with Crippen molar-refractivity contribution >= 4 is 0 Å². The Hall–Kier alpha value is -0.120. The van der Waals surface area contributed by atoms with Gasteiger partial charge >= 0.3 is 0 Å². The third-order valence-electron chi connectivity index (χ3n) is 2.35. The van der Waals surface area contributed by atoms with Gasteiger partial charge in [0, 0.05) is 12.0 Å². The summed E-state index contributed by atoms with van der Waals surface area (Å²) in [6.45, 7) is 11.1. The molecule has 0 spiro atoms. The molecule has 0 aliphatic carbocycles. The second kappa shape index (κ2) is 5.69. The minimum absolute atomic E-state index is 0.227. The first-order valence-electron chi connectivity index (χ1n) is 5.54. The summed E-state index contributed by atoms with van der Waals surface area (Å²) in [6.07, 6.45) is 1.54. The van der Waals surface area contributed by atoms with E-state index >= 15 is 0 Å². The van der Waals surface area contributed by atoms with Crippen molar-refractivity contribution in [2.45, 2.75) is 33.3 Å². The Balaban J connectivity index is 2.05. The van der Waals surface area contributed by atoms with Gasteiger partial charge in [-0.15, -0.1) is 0 Å². The van der Waals surface area contributed by atoms with Gasteiger partial charge in [-0.1, -0.05) is 20.8 Å². The van der Waals surface area contributed by atoms with Crippen molar-refractivity contribution in [1.29, 1.82) is 0 Å². The molecule has 1 heterocycles. The molecule has 0 saturated carbocycles. The Morgan fingerprint density at radius 1 is 1.43 bits per heavy atom. The first-order chi connectivity index (χ1) is 6.64. The lowest BCUT2D eigenvalue weighted by Crippen LogP contribution is -2.41. The molecule has 3 heteroatoms. The first-order valence-corrected chi connectivity index (χ1v) is 5.54. The molecule has 0 unspecified atom stereocenters. The van der Waals surface area contributed by atoms with Crippen molar-refractivity contribution in [3.05, 3.63) is 0 Å². The van der Waals surface area contributed by atoms with Gasteiger partial charge in [-0.2, -0.15) is 0 Å². The topological polar surface area (TPSA) is 30.5 Å². The average molecular weight is 201 g/mol. The maximum atomic E-state index is 5.71. The first kappa shape index (κ1) is 12.0. The molecule has 1 aliphatic rings. The van der Waals surface area contributed by atoms with Gasteiger partial charge in [0.15, 0.2) is 0 Å². The van der Waals surface area contributed by atoms with E-state index < -0.39 is 0 Å². The van der Waals surface area contributed by atoms with Crippen LogP contribution in [0, 0.1) is 5.41 Å². The van der Waals surface area contributed by atoms with Gasteiger partial charge in [0.05, 0.1) is 19.8 Å². The highest BCUT2D eigenvalue weighted by atomic mass is 16.6. The Morgan fingerprint density at radius 2 is 2.14 bits per heavy atom. The van der Waals surface area contributed by atoms with Gasteiger partial charge in [0.2, 0.25) is 0 Å². The summed E-state index contributed by atoms with van der Waals surface area (Å²) >= 11 is 0. The highest BCUT2D eigenvalue weighted by molar-refractivity contribution is 4.73. The SMILES string of the molecule is CCCNCC(C)(C)COC1COC1. The standard InChI is InChI=1S/C11H23NO2/c1-4-5-12-8-11(2,3)9-14-10-6-13-7-10/h10,12H,4-9H2,1-3H3.